The van der Waals surface area contributed by atoms with E-state index >= 15 is 0 Å². The molecule has 0 saturated heterocycles. The highest BCUT2D eigenvalue weighted by atomic mass is 19.3. The van der Waals surface area contributed by atoms with Crippen LogP contribution in [-0.2, 0) is 14.9 Å². The van der Waals surface area contributed by atoms with E-state index in [0.29, 0.717) is 16.9 Å². The molecule has 3 heterocycles. The van der Waals surface area contributed by atoms with Crippen LogP contribution < -0.4 is 25.1 Å². The number of anilines is 1. The van der Waals surface area contributed by atoms with Crippen LogP contribution in [0.2, 0.25) is 0 Å². The lowest BCUT2D eigenvalue weighted by atomic mass is 9.83. The smallest absolute Gasteiger partial charge is 0.492 e. The number of carbonyl (C=O) groups is 2. The summed E-state index contributed by atoms with van der Waals surface area (Å²) in [4.78, 5) is 39.0. The van der Waals surface area contributed by atoms with E-state index < -0.39 is 29.1 Å². The van der Waals surface area contributed by atoms with Crippen molar-refractivity contribution in [3.63, 3.8) is 0 Å². The number of nitrogens with zero attached hydrogens (tertiary/aromatic N) is 2. The molecule has 3 aliphatic rings. The molecule has 38 heavy (non-hydrogen) atoms. The van der Waals surface area contributed by atoms with E-state index in [0.717, 1.165) is 17.5 Å². The highest BCUT2D eigenvalue weighted by Gasteiger charge is 2.49. The first-order chi connectivity index (χ1) is 18.1. The van der Waals surface area contributed by atoms with Crippen molar-refractivity contribution in [3.05, 3.63) is 69.6 Å². The lowest BCUT2D eigenvalue weighted by Gasteiger charge is -2.22. The van der Waals surface area contributed by atoms with Crippen molar-refractivity contribution < 1.29 is 37.3 Å². The van der Waals surface area contributed by atoms with Gasteiger partial charge < -0.3 is 24.3 Å². The van der Waals surface area contributed by atoms with Gasteiger partial charge in [0, 0.05) is 17.5 Å². The number of amides is 1. The Morgan fingerprint density at radius 1 is 1.11 bits per heavy atom. The number of carbonyl (C=O) groups excluding carboxylic acids is 2. The quantitative estimate of drug-likeness (QED) is 0.503. The van der Waals surface area contributed by atoms with Gasteiger partial charge in [-0.05, 0) is 50.1 Å². The fourth-order valence-electron chi connectivity index (χ4n) is 4.52. The zero-order valence-electron chi connectivity index (χ0n) is 20.2. The summed E-state index contributed by atoms with van der Waals surface area (Å²) in [5.41, 5.74) is -0.464. The molecule has 2 aliphatic heterocycles. The van der Waals surface area contributed by atoms with Crippen molar-refractivity contribution >= 4 is 17.6 Å². The zero-order valence-corrected chi connectivity index (χ0v) is 20.2. The number of methoxy groups -OCH3 is 1. The molecular weight excluding hydrogens is 504 g/mol. The molecule has 3 aromatic rings. The van der Waals surface area contributed by atoms with Crippen molar-refractivity contribution in [1.82, 2.24) is 9.78 Å². The number of aromatic nitrogens is 2. The Labute approximate surface area is 214 Å². The molecule has 10 nitrogen and oxygen atoms in total. The first-order valence-electron chi connectivity index (χ1n) is 11.8. The fourth-order valence-corrected chi connectivity index (χ4v) is 4.52. The molecule has 6 rings (SSSR count). The van der Waals surface area contributed by atoms with Gasteiger partial charge in [0.2, 0.25) is 5.91 Å². The van der Waals surface area contributed by atoms with Crippen molar-refractivity contribution in [2.24, 2.45) is 0 Å². The van der Waals surface area contributed by atoms with Gasteiger partial charge in [-0.15, -0.1) is 8.78 Å². The third-order valence-electron chi connectivity index (χ3n) is 6.80. The van der Waals surface area contributed by atoms with Gasteiger partial charge in [0.15, 0.2) is 11.5 Å². The fraction of sp³-hybridized carbons (Fsp3) is 0.308. The van der Waals surface area contributed by atoms with Crippen molar-refractivity contribution in [2.45, 2.75) is 37.4 Å². The Hall–Kier alpha value is -4.48. The minimum absolute atomic E-state index is 0.0164. The van der Waals surface area contributed by atoms with Crippen LogP contribution in [0.4, 0.5) is 14.5 Å². The zero-order chi connectivity index (χ0) is 26.8. The molecule has 196 valence electrons. The van der Waals surface area contributed by atoms with Crippen LogP contribution in [0.3, 0.4) is 0 Å². The molecule has 1 aromatic heterocycles. The monoisotopic (exact) mass is 525 g/mol. The first kappa shape index (κ1) is 23.9. The number of hydrogen-bond donors (Lipinski definition) is 1. The van der Waals surface area contributed by atoms with Crippen LogP contribution in [0.1, 0.15) is 47.3 Å². The van der Waals surface area contributed by atoms with E-state index in [4.69, 9.17) is 9.47 Å². The topological polar surface area (TPSA) is 118 Å². The average molecular weight is 525 g/mol. The maximum Gasteiger partial charge on any atom is 0.586 e. The second-order valence-electron chi connectivity index (χ2n) is 9.55. The van der Waals surface area contributed by atoms with E-state index in [1.165, 1.54) is 25.3 Å². The lowest BCUT2D eigenvalue weighted by molar-refractivity contribution is -0.286. The number of halogens is 2. The minimum atomic E-state index is -3.82. The maximum absolute atomic E-state index is 13.6. The van der Waals surface area contributed by atoms with Gasteiger partial charge in [0.05, 0.1) is 24.1 Å². The van der Waals surface area contributed by atoms with Crippen LogP contribution >= 0.6 is 0 Å². The molecular formula is C26H21F2N3O7. The minimum Gasteiger partial charge on any atom is -0.492 e. The van der Waals surface area contributed by atoms with Crippen LogP contribution in [0.25, 0.3) is 5.69 Å². The van der Waals surface area contributed by atoms with Crippen molar-refractivity contribution in [2.75, 3.05) is 19.0 Å². The van der Waals surface area contributed by atoms with Crippen molar-refractivity contribution in [3.8, 4) is 22.9 Å². The Bertz CT molecular complexity index is 1570. The molecule has 0 bridgehead atoms. The van der Waals surface area contributed by atoms with Gasteiger partial charge in [0.1, 0.15) is 23.5 Å². The number of fused-ring (bicyclic) bond motifs is 2. The summed E-state index contributed by atoms with van der Waals surface area (Å²) in [6, 6.07) is 10.3. The van der Waals surface area contributed by atoms with Gasteiger partial charge >= 0.3 is 12.3 Å². The number of esters is 1. The number of rotatable bonds is 5. The van der Waals surface area contributed by atoms with E-state index in [-0.39, 0.29) is 41.0 Å². The number of nitrogens with one attached hydrogen (secondary N) is 1. The summed E-state index contributed by atoms with van der Waals surface area (Å²) in [5.74, 6) is -1.23. The predicted octanol–water partition coefficient (Wildman–Crippen LogP) is 3.51. The van der Waals surface area contributed by atoms with Gasteiger partial charge in [0.25, 0.3) is 5.56 Å². The Balaban J connectivity index is 1.36. The second-order valence-corrected chi connectivity index (χ2v) is 9.55. The molecule has 1 aliphatic carbocycles. The van der Waals surface area contributed by atoms with E-state index in [1.54, 1.807) is 31.2 Å². The Kier molecular flexibility index (Phi) is 5.20. The third kappa shape index (κ3) is 3.92. The summed E-state index contributed by atoms with van der Waals surface area (Å²) >= 11 is 0. The molecule has 1 N–H and O–H groups in total. The standard InChI is InChI=1S/C26H21F2N3O7/c1-25(12-36-19-11-21-20(9-16(19)25)37-26(27,28)38-21)24(34)29-18-10-17(13-6-7-13)30-31(22(18)32)15-5-3-4-14(8-15)23(33)35-2/h3-5,8-11,13H,6-7,12H2,1-2H3,(H,29,34). The Morgan fingerprint density at radius 3 is 2.55 bits per heavy atom. The molecule has 1 unspecified atom stereocenters. The third-order valence-corrected chi connectivity index (χ3v) is 6.80. The molecule has 1 fully saturated rings. The number of hydrogen-bond acceptors (Lipinski definition) is 8. The van der Waals surface area contributed by atoms with E-state index in [2.05, 4.69) is 19.9 Å². The summed E-state index contributed by atoms with van der Waals surface area (Å²) in [7, 11) is 1.26. The molecule has 0 radical (unpaired) electrons. The molecule has 1 atom stereocenters. The summed E-state index contributed by atoms with van der Waals surface area (Å²) < 4.78 is 47.6. The molecule has 1 amide bonds. The van der Waals surface area contributed by atoms with Crippen LogP contribution in [0.5, 0.6) is 17.2 Å². The number of alkyl halides is 2. The molecule has 2 aromatic carbocycles. The van der Waals surface area contributed by atoms with Gasteiger partial charge in [-0.2, -0.15) is 9.78 Å². The highest BCUT2D eigenvalue weighted by molar-refractivity contribution is 6.00. The summed E-state index contributed by atoms with van der Waals surface area (Å²) in [6.07, 6.45) is -2.04. The Morgan fingerprint density at radius 2 is 1.84 bits per heavy atom. The van der Waals surface area contributed by atoms with Gasteiger partial charge in [-0.1, -0.05) is 6.07 Å². The first-order valence-corrected chi connectivity index (χ1v) is 11.8. The number of ether oxygens (including phenoxy) is 4. The lowest BCUT2D eigenvalue weighted by Crippen LogP contribution is -2.41. The second kappa shape index (κ2) is 8.27. The normalized spacial score (nSPS) is 20.4. The molecule has 1 saturated carbocycles. The largest absolute Gasteiger partial charge is 0.586 e. The van der Waals surface area contributed by atoms with E-state index in [9.17, 15) is 23.2 Å². The highest BCUT2D eigenvalue weighted by Crippen LogP contribution is 2.50. The molecule has 12 heteroatoms. The van der Waals surface area contributed by atoms with Crippen LogP contribution in [0.15, 0.2) is 47.3 Å². The number of benzene rings is 2. The van der Waals surface area contributed by atoms with Gasteiger partial charge in [-0.25, -0.2) is 4.79 Å². The van der Waals surface area contributed by atoms with Crippen LogP contribution in [-0.4, -0.2) is 41.7 Å². The van der Waals surface area contributed by atoms with E-state index in [1.807, 2.05) is 0 Å². The van der Waals surface area contributed by atoms with Crippen LogP contribution in [0, 0.1) is 0 Å². The SMILES string of the molecule is COC(=O)c1cccc(-n2nc(C3CC3)cc(NC(=O)C3(C)COc4cc5c(cc43)OC(F)(F)O5)c2=O)c1. The van der Waals surface area contributed by atoms with Gasteiger partial charge in [-0.3, -0.25) is 9.59 Å². The summed E-state index contributed by atoms with van der Waals surface area (Å²) in [5, 5.41) is 7.17. The maximum atomic E-state index is 13.6. The average Bonchev–Trinajstić information content (AvgIpc) is 3.63. The summed E-state index contributed by atoms with van der Waals surface area (Å²) in [6.45, 7) is 1.49. The van der Waals surface area contributed by atoms with Crippen molar-refractivity contribution in [1.29, 1.82) is 0 Å². The molecule has 0 spiro atoms. The predicted molar refractivity (Wildman–Crippen MR) is 127 cm³/mol.